The van der Waals surface area contributed by atoms with Crippen LogP contribution in [0.5, 0.6) is 0 Å². The third kappa shape index (κ3) is 2.14. The average Bonchev–Trinajstić information content (AvgIpc) is 2.82. The van der Waals surface area contributed by atoms with Gasteiger partial charge in [0.25, 0.3) is 11.7 Å². The lowest BCUT2D eigenvalue weighted by atomic mass is 9.75. The zero-order valence-corrected chi connectivity index (χ0v) is 14.5. The molecule has 25 heavy (non-hydrogen) atoms. The minimum Gasteiger partial charge on any atom is -0.360 e. The van der Waals surface area contributed by atoms with Gasteiger partial charge in [-0.25, -0.2) is 0 Å². The lowest BCUT2D eigenvalue weighted by molar-refractivity contribution is -0.123. The number of aromatic nitrogens is 2. The molecule has 1 aliphatic heterocycles. The number of carbonyl (C=O) groups is 1. The number of aryl methyl sites for hydroxylation is 1. The van der Waals surface area contributed by atoms with Crippen LogP contribution in [-0.2, 0) is 4.79 Å². The summed E-state index contributed by atoms with van der Waals surface area (Å²) in [6.07, 6.45) is 7.51. The number of pyridine rings is 2. The molecule has 1 spiro atoms. The van der Waals surface area contributed by atoms with Gasteiger partial charge in [0.2, 0.25) is 0 Å². The zero-order valence-electron chi connectivity index (χ0n) is 13.6. The van der Waals surface area contributed by atoms with E-state index in [0.29, 0.717) is 16.6 Å². The van der Waals surface area contributed by atoms with Crippen molar-refractivity contribution in [3.05, 3.63) is 53.8 Å². The minimum absolute atomic E-state index is 0.0237. The molecular formula is C18H15N5OS. The van der Waals surface area contributed by atoms with Gasteiger partial charge < -0.3 is 9.74 Å². The van der Waals surface area contributed by atoms with Gasteiger partial charge in [-0.3, -0.25) is 14.7 Å². The van der Waals surface area contributed by atoms with E-state index >= 15 is 0 Å². The molecule has 0 N–H and O–H groups in total. The lowest BCUT2D eigenvalue weighted by Crippen LogP contribution is -2.55. The standard InChI is InChI=1S/C18H15N5OS/c1-12-9-14(11-21-15(12)19-2)22-16(24)18(6-4-7-18)23(17(22)25)13-5-3-8-20-10-13/h3,5,8-11H,4,6-7H2,1H3. The molecule has 1 saturated heterocycles. The Bertz CT molecular complexity index is 917. The second kappa shape index (κ2) is 5.60. The molecule has 0 radical (unpaired) electrons. The van der Waals surface area contributed by atoms with Crippen LogP contribution in [0.2, 0.25) is 0 Å². The second-order valence-electron chi connectivity index (χ2n) is 6.30. The Morgan fingerprint density at radius 3 is 2.68 bits per heavy atom. The van der Waals surface area contributed by atoms with Crippen molar-refractivity contribution in [2.24, 2.45) is 0 Å². The Balaban J connectivity index is 1.81. The SMILES string of the molecule is [C-]#[N+]c1ncc(N2C(=O)C3(CCC3)N(c3cccnc3)C2=S)cc1C. The Hall–Kier alpha value is -2.85. The van der Waals surface area contributed by atoms with Gasteiger partial charge in [0.05, 0.1) is 17.6 Å². The molecule has 2 fully saturated rings. The molecule has 1 saturated carbocycles. The summed E-state index contributed by atoms with van der Waals surface area (Å²) >= 11 is 5.67. The summed E-state index contributed by atoms with van der Waals surface area (Å²) in [5.41, 5.74) is 1.54. The smallest absolute Gasteiger partial charge is 0.272 e. The van der Waals surface area contributed by atoms with Crippen LogP contribution in [0.3, 0.4) is 0 Å². The van der Waals surface area contributed by atoms with Gasteiger partial charge in [0, 0.05) is 6.20 Å². The van der Waals surface area contributed by atoms with Gasteiger partial charge in [-0.05, 0) is 62.2 Å². The van der Waals surface area contributed by atoms with E-state index in [1.165, 1.54) is 0 Å². The van der Waals surface area contributed by atoms with Gasteiger partial charge >= 0.3 is 0 Å². The molecule has 1 amide bonds. The van der Waals surface area contributed by atoms with Gasteiger partial charge in [0.1, 0.15) is 11.7 Å². The van der Waals surface area contributed by atoms with Crippen molar-refractivity contribution in [1.29, 1.82) is 0 Å². The largest absolute Gasteiger partial charge is 0.360 e. The molecule has 3 heterocycles. The Morgan fingerprint density at radius 2 is 2.12 bits per heavy atom. The second-order valence-corrected chi connectivity index (χ2v) is 6.67. The number of rotatable bonds is 2. The predicted octanol–water partition coefficient (Wildman–Crippen LogP) is 3.40. The quantitative estimate of drug-likeness (QED) is 0.614. The molecule has 6 nitrogen and oxygen atoms in total. The fourth-order valence-corrected chi connectivity index (χ4v) is 3.95. The van der Waals surface area contributed by atoms with E-state index in [2.05, 4.69) is 14.8 Å². The molecule has 0 atom stereocenters. The Morgan fingerprint density at radius 1 is 1.32 bits per heavy atom. The van der Waals surface area contributed by atoms with E-state index in [4.69, 9.17) is 18.8 Å². The third-order valence-electron chi connectivity index (χ3n) is 4.90. The first-order chi connectivity index (χ1) is 12.1. The summed E-state index contributed by atoms with van der Waals surface area (Å²) in [5, 5.41) is 0.439. The molecule has 1 aliphatic carbocycles. The van der Waals surface area contributed by atoms with E-state index in [-0.39, 0.29) is 5.91 Å². The van der Waals surface area contributed by atoms with Crippen LogP contribution in [0, 0.1) is 13.5 Å². The molecule has 0 unspecified atom stereocenters. The fourth-order valence-electron chi connectivity index (χ4n) is 3.49. The van der Waals surface area contributed by atoms with Crippen LogP contribution in [0.1, 0.15) is 24.8 Å². The normalized spacial score (nSPS) is 18.4. The highest BCUT2D eigenvalue weighted by Crippen LogP contribution is 2.47. The highest BCUT2D eigenvalue weighted by atomic mass is 32.1. The number of carbonyl (C=O) groups excluding carboxylic acids is 1. The van der Waals surface area contributed by atoms with Crippen LogP contribution < -0.4 is 9.80 Å². The first kappa shape index (κ1) is 15.7. The van der Waals surface area contributed by atoms with Crippen molar-refractivity contribution in [2.75, 3.05) is 9.80 Å². The molecule has 0 aromatic carbocycles. The summed E-state index contributed by atoms with van der Waals surface area (Å²) in [6, 6.07) is 5.55. The van der Waals surface area contributed by atoms with Crippen molar-refractivity contribution >= 4 is 40.4 Å². The van der Waals surface area contributed by atoms with E-state index < -0.39 is 5.54 Å². The van der Waals surface area contributed by atoms with Crippen LogP contribution in [-0.4, -0.2) is 26.5 Å². The number of hydrogen-bond acceptors (Lipinski definition) is 4. The average molecular weight is 349 g/mol. The van der Waals surface area contributed by atoms with Gasteiger partial charge in [-0.15, -0.1) is 4.98 Å². The van der Waals surface area contributed by atoms with Crippen molar-refractivity contribution in [1.82, 2.24) is 9.97 Å². The van der Waals surface area contributed by atoms with Crippen LogP contribution >= 0.6 is 12.2 Å². The zero-order chi connectivity index (χ0) is 17.6. The molecule has 2 aromatic heterocycles. The molecular weight excluding hydrogens is 334 g/mol. The number of nitrogens with zero attached hydrogens (tertiary/aromatic N) is 5. The van der Waals surface area contributed by atoms with Crippen LogP contribution in [0.4, 0.5) is 17.2 Å². The van der Waals surface area contributed by atoms with Crippen molar-refractivity contribution in [3.63, 3.8) is 0 Å². The van der Waals surface area contributed by atoms with Gasteiger partial charge in [-0.2, -0.15) is 0 Å². The highest BCUT2D eigenvalue weighted by molar-refractivity contribution is 7.81. The summed E-state index contributed by atoms with van der Waals surface area (Å²) in [5.74, 6) is 0.313. The topological polar surface area (TPSA) is 53.7 Å². The van der Waals surface area contributed by atoms with Crippen molar-refractivity contribution < 1.29 is 4.79 Å². The third-order valence-corrected chi connectivity index (χ3v) is 5.26. The Labute approximate surface area is 150 Å². The van der Waals surface area contributed by atoms with Crippen LogP contribution in [0.15, 0.2) is 36.8 Å². The van der Waals surface area contributed by atoms with E-state index in [0.717, 1.165) is 30.5 Å². The van der Waals surface area contributed by atoms with E-state index in [9.17, 15) is 4.79 Å². The van der Waals surface area contributed by atoms with Crippen molar-refractivity contribution in [3.8, 4) is 0 Å². The molecule has 0 bridgehead atoms. The molecule has 124 valence electrons. The maximum Gasteiger partial charge on any atom is 0.272 e. The first-order valence-corrected chi connectivity index (χ1v) is 8.42. The van der Waals surface area contributed by atoms with Crippen LogP contribution in [0.25, 0.3) is 4.85 Å². The number of amides is 1. The number of thiocarbonyl (C=S) groups is 1. The molecule has 2 aromatic rings. The fraction of sp³-hybridized carbons (Fsp3) is 0.278. The molecule has 4 rings (SSSR count). The summed E-state index contributed by atoms with van der Waals surface area (Å²) < 4.78 is 0. The summed E-state index contributed by atoms with van der Waals surface area (Å²) in [4.78, 5) is 28.4. The summed E-state index contributed by atoms with van der Waals surface area (Å²) in [7, 11) is 0. The van der Waals surface area contributed by atoms with E-state index in [1.807, 2.05) is 24.0 Å². The maximum absolute atomic E-state index is 13.3. The minimum atomic E-state index is -0.619. The molecule has 2 aliphatic rings. The monoisotopic (exact) mass is 349 g/mol. The summed E-state index contributed by atoms with van der Waals surface area (Å²) in [6.45, 7) is 8.94. The maximum atomic E-state index is 13.3. The van der Waals surface area contributed by atoms with E-state index in [1.54, 1.807) is 29.6 Å². The number of anilines is 2. The lowest BCUT2D eigenvalue weighted by Gasteiger charge is -2.42. The first-order valence-electron chi connectivity index (χ1n) is 8.01. The predicted molar refractivity (Wildman–Crippen MR) is 98.6 cm³/mol. The van der Waals surface area contributed by atoms with Gasteiger partial charge in [-0.1, -0.05) is 6.57 Å². The van der Waals surface area contributed by atoms with Crippen molar-refractivity contribution in [2.45, 2.75) is 31.7 Å². The van der Waals surface area contributed by atoms with Gasteiger partial charge in [0.15, 0.2) is 5.11 Å². The highest BCUT2D eigenvalue weighted by Gasteiger charge is 2.59. The Kier molecular flexibility index (Phi) is 3.51. The number of hydrogen-bond donors (Lipinski definition) is 0. The molecule has 7 heteroatoms.